The van der Waals surface area contributed by atoms with Crippen LogP contribution in [0.1, 0.15) is 30.9 Å². The van der Waals surface area contributed by atoms with Crippen LogP contribution in [0.3, 0.4) is 0 Å². The van der Waals surface area contributed by atoms with Crippen LogP contribution >= 0.6 is 0 Å². The fourth-order valence-corrected chi connectivity index (χ4v) is 4.75. The van der Waals surface area contributed by atoms with Crippen LogP contribution in [-0.4, -0.2) is 83.9 Å². The molecule has 2 aliphatic heterocycles. The number of H-pyrrole nitrogens is 1. The fourth-order valence-electron chi connectivity index (χ4n) is 4.75. The second-order valence-corrected chi connectivity index (χ2v) is 9.76. The van der Waals surface area contributed by atoms with E-state index in [1.54, 1.807) is 10.00 Å². The lowest BCUT2D eigenvalue weighted by Gasteiger charge is -2.41. The van der Waals surface area contributed by atoms with Gasteiger partial charge in [0.2, 0.25) is 11.8 Å². The van der Waals surface area contributed by atoms with Crippen molar-refractivity contribution in [2.75, 3.05) is 55.0 Å². The van der Waals surface area contributed by atoms with E-state index in [4.69, 9.17) is 4.74 Å². The summed E-state index contributed by atoms with van der Waals surface area (Å²) in [5.74, 6) is -0.463. The van der Waals surface area contributed by atoms with Crippen molar-refractivity contribution in [1.82, 2.24) is 20.1 Å². The average molecular weight is 592 g/mol. The largest absolute Gasteiger partial charge is 0.423 e. The number of piperazine rings is 1. The van der Waals surface area contributed by atoms with Crippen LogP contribution in [0.25, 0.3) is 0 Å². The SMILES string of the molecule is C[C@@H](COCCC(=O)N1CCN2c3ncc(C(F)(F)F)cc3N(C)C(=O)C[C@H]2C1)Nc1cn[nH]c(=O)c1C(F)(F)F. The van der Waals surface area contributed by atoms with Gasteiger partial charge in [-0.15, -0.1) is 0 Å². The molecule has 17 heteroatoms. The molecule has 2 atom stereocenters. The van der Waals surface area contributed by atoms with Gasteiger partial charge in [0.1, 0.15) is 5.56 Å². The Bertz CT molecular complexity index is 1350. The van der Waals surface area contributed by atoms with Gasteiger partial charge >= 0.3 is 12.4 Å². The number of aromatic nitrogens is 3. The summed E-state index contributed by atoms with van der Waals surface area (Å²) in [7, 11) is 1.38. The third-order valence-electron chi connectivity index (χ3n) is 6.80. The highest BCUT2D eigenvalue weighted by atomic mass is 19.4. The molecule has 0 spiro atoms. The van der Waals surface area contributed by atoms with Crippen LogP contribution in [0.2, 0.25) is 0 Å². The van der Waals surface area contributed by atoms with E-state index in [0.717, 1.165) is 23.4 Å². The molecule has 224 valence electrons. The Morgan fingerprint density at radius 3 is 2.59 bits per heavy atom. The van der Waals surface area contributed by atoms with Crippen LogP contribution in [0.5, 0.6) is 0 Å². The molecule has 0 radical (unpaired) electrons. The molecule has 0 saturated carbocycles. The predicted molar refractivity (Wildman–Crippen MR) is 133 cm³/mol. The van der Waals surface area contributed by atoms with Gasteiger partial charge in [-0.25, -0.2) is 10.1 Å². The summed E-state index contributed by atoms with van der Waals surface area (Å²) in [6, 6.07) is -0.259. The van der Waals surface area contributed by atoms with Gasteiger partial charge in [-0.2, -0.15) is 31.4 Å². The number of hydrogen-bond donors (Lipinski definition) is 2. The van der Waals surface area contributed by atoms with Gasteiger partial charge in [0.05, 0.1) is 48.8 Å². The van der Waals surface area contributed by atoms with Crippen LogP contribution in [0.4, 0.5) is 43.5 Å². The Morgan fingerprint density at radius 1 is 1.17 bits per heavy atom. The number of rotatable bonds is 7. The molecule has 1 saturated heterocycles. The van der Waals surface area contributed by atoms with Crippen molar-refractivity contribution in [2.45, 2.75) is 44.2 Å². The van der Waals surface area contributed by atoms with Gasteiger partial charge in [-0.05, 0) is 13.0 Å². The number of nitrogens with zero attached hydrogens (tertiary/aromatic N) is 5. The zero-order valence-corrected chi connectivity index (χ0v) is 22.0. The van der Waals surface area contributed by atoms with E-state index in [-0.39, 0.29) is 63.1 Å². The molecule has 0 unspecified atom stereocenters. The molecule has 2 N–H and O–H groups in total. The molecular weight excluding hydrogens is 564 g/mol. The first kappa shape index (κ1) is 30.1. The summed E-state index contributed by atoms with van der Waals surface area (Å²) in [5, 5.41) is 7.67. The number of carbonyl (C=O) groups excluding carboxylic acids is 2. The van der Waals surface area contributed by atoms with E-state index < -0.39 is 52.7 Å². The zero-order chi connectivity index (χ0) is 30.1. The van der Waals surface area contributed by atoms with Gasteiger partial charge in [0.15, 0.2) is 5.82 Å². The molecule has 1 fully saturated rings. The molecule has 11 nitrogen and oxygen atoms in total. The monoisotopic (exact) mass is 591 g/mol. The molecule has 4 rings (SSSR count). The minimum absolute atomic E-state index is 0.0330. The van der Waals surface area contributed by atoms with Crippen LogP contribution in [0, 0.1) is 0 Å². The highest BCUT2D eigenvalue weighted by Crippen LogP contribution is 2.38. The van der Waals surface area contributed by atoms with E-state index in [1.165, 1.54) is 18.9 Å². The number of alkyl halides is 6. The highest BCUT2D eigenvalue weighted by molar-refractivity contribution is 5.98. The topological polar surface area (TPSA) is 124 Å². The fraction of sp³-hybridized carbons (Fsp3) is 0.542. The van der Waals surface area contributed by atoms with Crippen molar-refractivity contribution in [2.24, 2.45) is 0 Å². The molecule has 0 bridgehead atoms. The zero-order valence-electron chi connectivity index (χ0n) is 22.0. The number of aromatic amines is 1. The van der Waals surface area contributed by atoms with Crippen molar-refractivity contribution in [1.29, 1.82) is 0 Å². The van der Waals surface area contributed by atoms with Gasteiger partial charge in [-0.3, -0.25) is 14.4 Å². The summed E-state index contributed by atoms with van der Waals surface area (Å²) >= 11 is 0. The van der Waals surface area contributed by atoms with Crippen LogP contribution < -0.4 is 20.7 Å². The van der Waals surface area contributed by atoms with E-state index in [9.17, 15) is 40.7 Å². The highest BCUT2D eigenvalue weighted by Gasteiger charge is 2.40. The number of pyridine rings is 1. The van der Waals surface area contributed by atoms with Gasteiger partial charge in [0, 0.05) is 45.3 Å². The first-order chi connectivity index (χ1) is 19.2. The van der Waals surface area contributed by atoms with Crippen molar-refractivity contribution >= 4 is 29.0 Å². The van der Waals surface area contributed by atoms with Crippen LogP contribution in [-0.2, 0) is 26.7 Å². The first-order valence-electron chi connectivity index (χ1n) is 12.5. The summed E-state index contributed by atoms with van der Waals surface area (Å²) in [5.41, 5.74) is -4.21. The summed E-state index contributed by atoms with van der Waals surface area (Å²) < 4.78 is 84.7. The maximum absolute atomic E-state index is 13.2. The Morgan fingerprint density at radius 2 is 1.90 bits per heavy atom. The van der Waals surface area contributed by atoms with Gasteiger partial charge in [-0.1, -0.05) is 0 Å². The summed E-state index contributed by atoms with van der Waals surface area (Å²) in [6.45, 7) is 2.05. The third-order valence-corrected chi connectivity index (χ3v) is 6.80. The summed E-state index contributed by atoms with van der Waals surface area (Å²) in [6.07, 6.45) is -8.02. The molecule has 2 amide bonds. The molecule has 0 aliphatic carbocycles. The quantitative estimate of drug-likeness (QED) is 0.372. The maximum atomic E-state index is 13.2. The number of hydrogen-bond acceptors (Lipinski definition) is 8. The molecule has 41 heavy (non-hydrogen) atoms. The number of fused-ring (bicyclic) bond motifs is 3. The smallest absolute Gasteiger partial charge is 0.379 e. The molecule has 2 aromatic rings. The minimum atomic E-state index is -4.89. The maximum Gasteiger partial charge on any atom is 0.423 e. The predicted octanol–water partition coefficient (Wildman–Crippen LogP) is 2.49. The summed E-state index contributed by atoms with van der Waals surface area (Å²) in [4.78, 5) is 45.6. The van der Waals surface area contributed by atoms with Crippen molar-refractivity contribution in [3.8, 4) is 0 Å². The van der Waals surface area contributed by atoms with Crippen LogP contribution in [0.15, 0.2) is 23.3 Å². The second-order valence-electron chi connectivity index (χ2n) is 9.76. The molecule has 4 heterocycles. The lowest BCUT2D eigenvalue weighted by molar-refractivity contribution is -0.138. The number of carbonyl (C=O) groups is 2. The van der Waals surface area contributed by atoms with Gasteiger partial charge in [0.25, 0.3) is 5.56 Å². The normalized spacial score (nSPS) is 18.5. The van der Waals surface area contributed by atoms with E-state index in [1.807, 2.05) is 0 Å². The van der Waals surface area contributed by atoms with Gasteiger partial charge < -0.3 is 24.8 Å². The molecular formula is C24H27F6N7O4. The van der Waals surface area contributed by atoms with E-state index >= 15 is 0 Å². The first-order valence-corrected chi connectivity index (χ1v) is 12.5. The number of halogens is 6. The molecule has 2 aromatic heterocycles. The number of nitrogens with one attached hydrogen (secondary N) is 2. The number of anilines is 3. The standard InChI is InChI=1S/C24H27F6N7O4/c1-13(33-16-10-32-34-22(40)20(16)24(28,29)30)12-41-6-3-18(38)36-4-5-37-15(11-36)8-19(39)35(2)17-7-14(23(25,26)27)9-31-21(17)37/h7,9-10,13,15H,3-6,8,11-12H2,1-2H3,(H2,33,34,40)/t13-,15-/m0/s1. The second kappa shape index (κ2) is 11.5. The minimum Gasteiger partial charge on any atom is -0.379 e. The number of amides is 2. The Labute approximate surface area is 229 Å². The van der Waals surface area contributed by atoms with Crippen molar-refractivity contribution in [3.63, 3.8) is 0 Å². The lowest BCUT2D eigenvalue weighted by Crippen LogP contribution is -2.55. The average Bonchev–Trinajstić information content (AvgIpc) is 2.98. The Balaban J connectivity index is 1.31. The Kier molecular flexibility index (Phi) is 8.46. The third kappa shape index (κ3) is 6.71. The molecule has 0 aromatic carbocycles. The van der Waals surface area contributed by atoms with E-state index in [0.29, 0.717) is 0 Å². The van der Waals surface area contributed by atoms with Crippen molar-refractivity contribution < 1.29 is 40.7 Å². The lowest BCUT2D eigenvalue weighted by atomic mass is 10.1. The van der Waals surface area contributed by atoms with Crippen molar-refractivity contribution in [3.05, 3.63) is 39.9 Å². The van der Waals surface area contributed by atoms with E-state index in [2.05, 4.69) is 15.4 Å². The molecule has 2 aliphatic rings. The Hall–Kier alpha value is -3.89. The number of ether oxygens (including phenoxy) is 1.